The summed E-state index contributed by atoms with van der Waals surface area (Å²) in [6, 6.07) is 7.49. The van der Waals surface area contributed by atoms with Gasteiger partial charge in [-0.05, 0) is 43.0 Å². The number of likely N-dealkylation sites (N-methyl/N-ethyl adjacent to an activating group) is 1. The highest BCUT2D eigenvalue weighted by Gasteiger charge is 2.23. The van der Waals surface area contributed by atoms with Crippen LogP contribution in [-0.4, -0.2) is 26.0 Å². The van der Waals surface area contributed by atoms with Crippen LogP contribution in [0.3, 0.4) is 0 Å². The summed E-state index contributed by atoms with van der Waals surface area (Å²) in [6.45, 7) is 1.69. The van der Waals surface area contributed by atoms with Gasteiger partial charge in [-0.2, -0.15) is 0 Å². The van der Waals surface area contributed by atoms with Gasteiger partial charge in [-0.1, -0.05) is 23.7 Å². The third-order valence-electron chi connectivity index (χ3n) is 3.31. The number of carbonyl (C=O) groups excluding carboxylic acids is 1. The van der Waals surface area contributed by atoms with Gasteiger partial charge in [-0.15, -0.1) is 0 Å². The smallest absolute Gasteiger partial charge is 0.228 e. The first-order chi connectivity index (χ1) is 8.70. The van der Waals surface area contributed by atoms with Gasteiger partial charge in [0.05, 0.1) is 5.92 Å². The van der Waals surface area contributed by atoms with Crippen molar-refractivity contribution < 1.29 is 4.79 Å². The number of hydrogen-bond donors (Lipinski definition) is 2. The third-order valence-corrected chi connectivity index (χ3v) is 3.57. The van der Waals surface area contributed by atoms with Crippen molar-refractivity contribution in [3.8, 4) is 0 Å². The topological polar surface area (TPSA) is 41.1 Å². The fourth-order valence-electron chi connectivity index (χ4n) is 1.99. The summed E-state index contributed by atoms with van der Waals surface area (Å²) in [7, 11) is 1.67. The SMILES string of the molecule is CNC(=O)[C@H](CNCC1CC1)c1ccc(Cl)cc1. The van der Waals surface area contributed by atoms with Gasteiger partial charge >= 0.3 is 0 Å². The molecule has 18 heavy (non-hydrogen) atoms. The molecule has 1 aliphatic rings. The molecule has 1 aromatic rings. The van der Waals surface area contributed by atoms with Crippen LogP contribution in [0.4, 0.5) is 0 Å². The minimum atomic E-state index is -0.147. The third kappa shape index (κ3) is 3.72. The zero-order chi connectivity index (χ0) is 13.0. The van der Waals surface area contributed by atoms with Gasteiger partial charge in [0.25, 0.3) is 0 Å². The molecule has 0 aliphatic heterocycles. The summed E-state index contributed by atoms with van der Waals surface area (Å²) in [5, 5.41) is 6.80. The molecule has 0 bridgehead atoms. The van der Waals surface area contributed by atoms with E-state index < -0.39 is 0 Å². The zero-order valence-corrected chi connectivity index (χ0v) is 11.3. The number of amides is 1. The number of carbonyl (C=O) groups is 1. The molecule has 1 fully saturated rings. The second kappa shape index (κ2) is 6.21. The molecule has 4 heteroatoms. The van der Waals surface area contributed by atoms with Gasteiger partial charge in [0.1, 0.15) is 0 Å². The summed E-state index contributed by atoms with van der Waals surface area (Å²) >= 11 is 5.87. The lowest BCUT2D eigenvalue weighted by atomic mass is 9.98. The van der Waals surface area contributed by atoms with Crippen molar-refractivity contribution in [2.45, 2.75) is 18.8 Å². The molecular formula is C14H19ClN2O. The van der Waals surface area contributed by atoms with Crippen LogP contribution >= 0.6 is 11.6 Å². The summed E-state index contributed by atoms with van der Waals surface area (Å²) < 4.78 is 0. The highest BCUT2D eigenvalue weighted by Crippen LogP contribution is 2.27. The molecule has 1 aliphatic carbocycles. The molecule has 0 saturated heterocycles. The molecule has 1 atom stereocenters. The molecule has 2 rings (SSSR count). The highest BCUT2D eigenvalue weighted by atomic mass is 35.5. The standard InChI is InChI=1S/C14H19ClN2O/c1-16-14(18)13(9-17-8-10-2-3-10)11-4-6-12(15)7-5-11/h4-7,10,13,17H,2-3,8-9H2,1H3,(H,16,18)/t13-/m1/s1. The Morgan fingerprint density at radius 1 is 1.39 bits per heavy atom. The Balaban J connectivity index is 1.98. The van der Waals surface area contributed by atoms with Crippen LogP contribution in [0.2, 0.25) is 5.02 Å². The summed E-state index contributed by atoms with van der Waals surface area (Å²) in [4.78, 5) is 11.9. The van der Waals surface area contributed by atoms with Crippen LogP contribution in [0.15, 0.2) is 24.3 Å². The van der Waals surface area contributed by atoms with Gasteiger partial charge < -0.3 is 10.6 Å². The van der Waals surface area contributed by atoms with Gasteiger partial charge in [0.2, 0.25) is 5.91 Å². The van der Waals surface area contributed by atoms with Crippen molar-refractivity contribution in [1.82, 2.24) is 10.6 Å². The number of rotatable bonds is 6. The molecule has 0 unspecified atom stereocenters. The fourth-order valence-corrected chi connectivity index (χ4v) is 2.11. The Morgan fingerprint density at radius 3 is 2.61 bits per heavy atom. The first kappa shape index (κ1) is 13.4. The first-order valence-electron chi connectivity index (χ1n) is 6.38. The predicted octanol–water partition coefficient (Wildman–Crippen LogP) is 2.17. The van der Waals surface area contributed by atoms with E-state index in [0.29, 0.717) is 11.6 Å². The second-order valence-corrected chi connectivity index (χ2v) is 5.26. The molecule has 0 radical (unpaired) electrons. The summed E-state index contributed by atoms with van der Waals surface area (Å²) in [6.07, 6.45) is 2.64. The van der Waals surface area contributed by atoms with Crippen LogP contribution in [0.25, 0.3) is 0 Å². The van der Waals surface area contributed by atoms with Crippen LogP contribution in [0.1, 0.15) is 24.3 Å². The van der Waals surface area contributed by atoms with Crippen molar-refractivity contribution in [1.29, 1.82) is 0 Å². The molecule has 0 aromatic heterocycles. The highest BCUT2D eigenvalue weighted by molar-refractivity contribution is 6.30. The first-order valence-corrected chi connectivity index (χ1v) is 6.76. The molecule has 0 spiro atoms. The lowest BCUT2D eigenvalue weighted by Gasteiger charge is -2.16. The maximum Gasteiger partial charge on any atom is 0.228 e. The van der Waals surface area contributed by atoms with Gasteiger partial charge in [0, 0.05) is 18.6 Å². The van der Waals surface area contributed by atoms with E-state index in [4.69, 9.17) is 11.6 Å². The summed E-state index contributed by atoms with van der Waals surface area (Å²) in [5.74, 6) is 0.715. The van der Waals surface area contributed by atoms with Gasteiger partial charge in [-0.25, -0.2) is 0 Å². The van der Waals surface area contributed by atoms with Crippen LogP contribution < -0.4 is 10.6 Å². The van der Waals surface area contributed by atoms with E-state index in [1.54, 1.807) is 7.05 Å². The number of halogens is 1. The van der Waals surface area contributed by atoms with E-state index in [1.165, 1.54) is 12.8 Å². The normalized spacial score (nSPS) is 16.3. The van der Waals surface area contributed by atoms with E-state index in [2.05, 4.69) is 10.6 Å². The van der Waals surface area contributed by atoms with E-state index in [-0.39, 0.29) is 11.8 Å². The van der Waals surface area contributed by atoms with Gasteiger partial charge in [-0.3, -0.25) is 4.79 Å². The molecule has 2 N–H and O–H groups in total. The Bertz CT molecular complexity index is 401. The number of nitrogens with one attached hydrogen (secondary N) is 2. The Labute approximate surface area is 113 Å². The minimum Gasteiger partial charge on any atom is -0.359 e. The van der Waals surface area contributed by atoms with Crippen molar-refractivity contribution in [2.75, 3.05) is 20.1 Å². The molecule has 1 amide bonds. The predicted molar refractivity (Wildman–Crippen MR) is 73.9 cm³/mol. The Morgan fingerprint density at radius 2 is 2.06 bits per heavy atom. The van der Waals surface area contributed by atoms with Crippen LogP contribution in [0.5, 0.6) is 0 Å². The summed E-state index contributed by atoms with van der Waals surface area (Å²) in [5.41, 5.74) is 1.00. The number of benzene rings is 1. The average molecular weight is 267 g/mol. The molecule has 3 nitrogen and oxygen atoms in total. The van der Waals surface area contributed by atoms with E-state index in [0.717, 1.165) is 18.0 Å². The Hall–Kier alpha value is -1.06. The van der Waals surface area contributed by atoms with Crippen LogP contribution in [0, 0.1) is 5.92 Å². The molecule has 98 valence electrons. The van der Waals surface area contributed by atoms with Crippen LogP contribution in [-0.2, 0) is 4.79 Å². The average Bonchev–Trinajstić information content (AvgIpc) is 3.19. The van der Waals surface area contributed by atoms with Crippen molar-refractivity contribution in [3.63, 3.8) is 0 Å². The molecule has 1 aromatic carbocycles. The fraction of sp³-hybridized carbons (Fsp3) is 0.500. The zero-order valence-electron chi connectivity index (χ0n) is 10.6. The van der Waals surface area contributed by atoms with Crippen molar-refractivity contribution in [3.05, 3.63) is 34.9 Å². The Kier molecular flexibility index (Phi) is 4.61. The maximum atomic E-state index is 11.9. The monoisotopic (exact) mass is 266 g/mol. The molecular weight excluding hydrogens is 248 g/mol. The lowest BCUT2D eigenvalue weighted by Crippen LogP contribution is -2.34. The molecule has 0 heterocycles. The largest absolute Gasteiger partial charge is 0.359 e. The second-order valence-electron chi connectivity index (χ2n) is 4.82. The van der Waals surface area contributed by atoms with Gasteiger partial charge in [0.15, 0.2) is 0 Å². The quantitative estimate of drug-likeness (QED) is 0.829. The van der Waals surface area contributed by atoms with E-state index >= 15 is 0 Å². The lowest BCUT2D eigenvalue weighted by molar-refractivity contribution is -0.122. The maximum absolute atomic E-state index is 11.9. The van der Waals surface area contributed by atoms with Crippen molar-refractivity contribution >= 4 is 17.5 Å². The van der Waals surface area contributed by atoms with Crippen molar-refractivity contribution in [2.24, 2.45) is 5.92 Å². The minimum absolute atomic E-state index is 0.0422. The van der Waals surface area contributed by atoms with E-state index in [1.807, 2.05) is 24.3 Å². The van der Waals surface area contributed by atoms with E-state index in [9.17, 15) is 4.79 Å². The number of hydrogen-bond acceptors (Lipinski definition) is 2. The molecule has 1 saturated carbocycles.